The summed E-state index contributed by atoms with van der Waals surface area (Å²) in [7, 11) is 0. The van der Waals surface area contributed by atoms with Gasteiger partial charge in [-0.25, -0.2) is 14.6 Å². The Balaban J connectivity index is 1.25. The van der Waals surface area contributed by atoms with E-state index in [-0.39, 0.29) is 5.91 Å². The summed E-state index contributed by atoms with van der Waals surface area (Å²) >= 11 is 0. The molecular weight excluding hydrogens is 438 g/mol. The molecule has 0 aliphatic heterocycles. The first-order valence-electron chi connectivity index (χ1n) is 11.9. The van der Waals surface area contributed by atoms with Crippen molar-refractivity contribution in [2.24, 2.45) is 0 Å². The molecule has 8 heteroatoms. The van der Waals surface area contributed by atoms with Crippen LogP contribution in [0.4, 0.5) is 5.82 Å². The molecule has 0 saturated heterocycles. The average molecular weight is 464 g/mol. The van der Waals surface area contributed by atoms with Crippen LogP contribution in [0.5, 0.6) is 0 Å². The Morgan fingerprint density at radius 1 is 1.06 bits per heavy atom. The lowest BCUT2D eigenvalue weighted by Crippen LogP contribution is -2.23. The van der Waals surface area contributed by atoms with Crippen molar-refractivity contribution in [3.63, 3.8) is 0 Å². The van der Waals surface area contributed by atoms with Crippen LogP contribution in [0.3, 0.4) is 0 Å². The first kappa shape index (κ1) is 21.2. The lowest BCUT2D eigenvalue weighted by molar-refractivity contribution is 0.0952. The van der Waals surface area contributed by atoms with Gasteiger partial charge in [0.25, 0.3) is 5.91 Å². The Morgan fingerprint density at radius 3 is 2.71 bits per heavy atom. The number of hydrogen-bond donors (Lipinski definition) is 2. The van der Waals surface area contributed by atoms with Gasteiger partial charge in [0.2, 0.25) is 0 Å². The minimum atomic E-state index is -0.126. The molecule has 8 nitrogen and oxygen atoms in total. The molecule has 0 spiro atoms. The Kier molecular flexibility index (Phi) is 5.33. The van der Waals surface area contributed by atoms with Gasteiger partial charge in [-0.2, -0.15) is 5.10 Å². The van der Waals surface area contributed by atoms with E-state index in [4.69, 9.17) is 10.8 Å². The lowest BCUT2D eigenvalue weighted by atomic mass is 10.1. The first-order chi connectivity index (χ1) is 17.2. The number of fused-ring (bicyclic) bond motifs is 2. The molecule has 6 rings (SSSR count). The van der Waals surface area contributed by atoms with Crippen molar-refractivity contribution in [1.29, 1.82) is 0 Å². The highest BCUT2D eigenvalue weighted by Crippen LogP contribution is 2.36. The Bertz CT molecular complexity index is 1530. The van der Waals surface area contributed by atoms with Gasteiger partial charge in [-0.1, -0.05) is 49.2 Å². The maximum Gasteiger partial charge on any atom is 0.252 e. The van der Waals surface area contributed by atoms with Crippen LogP contribution >= 0.6 is 0 Å². The number of carbonyl (C=O) groups is 1. The molecule has 0 atom stereocenters. The van der Waals surface area contributed by atoms with Crippen LogP contribution < -0.4 is 11.1 Å². The van der Waals surface area contributed by atoms with E-state index in [1.165, 1.54) is 19.2 Å². The maximum atomic E-state index is 12.9. The van der Waals surface area contributed by atoms with Crippen LogP contribution in [0.15, 0.2) is 67.3 Å². The lowest BCUT2D eigenvalue weighted by Gasteiger charge is -2.10. The van der Waals surface area contributed by atoms with Crippen LogP contribution in [0.25, 0.3) is 33.1 Å². The quantitative estimate of drug-likeness (QED) is 0.392. The fourth-order valence-corrected chi connectivity index (χ4v) is 4.97. The van der Waals surface area contributed by atoms with Gasteiger partial charge >= 0.3 is 0 Å². The third-order valence-electron chi connectivity index (χ3n) is 6.80. The van der Waals surface area contributed by atoms with E-state index >= 15 is 0 Å². The van der Waals surface area contributed by atoms with E-state index in [1.807, 2.05) is 53.2 Å². The monoisotopic (exact) mass is 463 g/mol. The molecule has 174 valence electrons. The minimum absolute atomic E-state index is 0.126. The highest BCUT2D eigenvalue weighted by atomic mass is 16.1. The Hall–Kier alpha value is -4.33. The van der Waals surface area contributed by atoms with E-state index in [2.05, 4.69) is 20.3 Å². The molecule has 5 aromatic rings. The van der Waals surface area contributed by atoms with Gasteiger partial charge in [-0.05, 0) is 35.9 Å². The van der Waals surface area contributed by atoms with Gasteiger partial charge in [0.1, 0.15) is 17.8 Å². The number of pyridine rings is 1. The standard InChI is InChI=1S/C27H25N7O/c28-25-23-24(33-34(20-5-1-2-6-20)26(23)32-16-31-25)19-10-8-17(9-11-19)14-30-27(35)21-7-3-4-18-12-13-29-15-22(18)21/h3-4,7-13,15-16,20H,1-2,5-6,14H2,(H,30,35)(H2,28,31,32). The largest absolute Gasteiger partial charge is 0.383 e. The summed E-state index contributed by atoms with van der Waals surface area (Å²) in [5.41, 5.74) is 10.4. The second kappa shape index (κ2) is 8.79. The molecule has 1 fully saturated rings. The highest BCUT2D eigenvalue weighted by molar-refractivity contribution is 6.06. The topological polar surface area (TPSA) is 112 Å². The molecule has 0 radical (unpaired) electrons. The first-order valence-corrected chi connectivity index (χ1v) is 11.9. The van der Waals surface area contributed by atoms with E-state index < -0.39 is 0 Å². The number of anilines is 1. The zero-order chi connectivity index (χ0) is 23.8. The predicted octanol–water partition coefficient (Wildman–Crippen LogP) is 4.67. The van der Waals surface area contributed by atoms with Crippen molar-refractivity contribution < 1.29 is 4.79 Å². The Labute approximate surface area is 202 Å². The molecule has 0 bridgehead atoms. The molecule has 3 aromatic heterocycles. The van der Waals surface area contributed by atoms with E-state index in [0.717, 1.165) is 51.5 Å². The fourth-order valence-electron chi connectivity index (χ4n) is 4.97. The normalized spacial score (nSPS) is 14.1. The third kappa shape index (κ3) is 3.86. The molecule has 1 aliphatic carbocycles. The summed E-state index contributed by atoms with van der Waals surface area (Å²) in [6.07, 6.45) is 9.58. The fraction of sp³-hybridized carbons (Fsp3) is 0.222. The number of benzene rings is 2. The number of rotatable bonds is 5. The van der Waals surface area contributed by atoms with Crippen LogP contribution in [0.1, 0.15) is 47.6 Å². The van der Waals surface area contributed by atoms with Crippen molar-refractivity contribution in [2.75, 3.05) is 5.73 Å². The number of amides is 1. The van der Waals surface area contributed by atoms with Crippen molar-refractivity contribution in [2.45, 2.75) is 38.3 Å². The summed E-state index contributed by atoms with van der Waals surface area (Å²) in [4.78, 5) is 25.7. The summed E-state index contributed by atoms with van der Waals surface area (Å²) < 4.78 is 2.03. The molecule has 2 aromatic carbocycles. The average Bonchev–Trinajstić information content (AvgIpc) is 3.56. The second-order valence-corrected chi connectivity index (χ2v) is 8.97. The summed E-state index contributed by atoms with van der Waals surface area (Å²) in [5.74, 6) is 0.314. The molecule has 1 saturated carbocycles. The van der Waals surface area contributed by atoms with E-state index in [1.54, 1.807) is 12.4 Å². The Morgan fingerprint density at radius 2 is 1.89 bits per heavy atom. The third-order valence-corrected chi connectivity index (χ3v) is 6.80. The zero-order valence-electron chi connectivity index (χ0n) is 19.2. The van der Waals surface area contributed by atoms with Crippen molar-refractivity contribution >= 4 is 33.5 Å². The second-order valence-electron chi connectivity index (χ2n) is 8.97. The highest BCUT2D eigenvalue weighted by Gasteiger charge is 2.24. The van der Waals surface area contributed by atoms with Crippen LogP contribution in [0.2, 0.25) is 0 Å². The molecule has 1 aliphatic rings. The van der Waals surface area contributed by atoms with Crippen LogP contribution in [0, 0.1) is 0 Å². The molecule has 0 unspecified atom stereocenters. The van der Waals surface area contributed by atoms with Gasteiger partial charge < -0.3 is 11.1 Å². The number of nitrogen functional groups attached to an aromatic ring is 1. The van der Waals surface area contributed by atoms with Gasteiger partial charge in [0, 0.05) is 35.5 Å². The number of nitrogens with two attached hydrogens (primary N) is 1. The molecule has 3 heterocycles. The summed E-state index contributed by atoms with van der Waals surface area (Å²) in [5, 5.41) is 10.6. The molecule has 35 heavy (non-hydrogen) atoms. The van der Waals surface area contributed by atoms with Crippen molar-refractivity contribution in [1.82, 2.24) is 30.0 Å². The summed E-state index contributed by atoms with van der Waals surface area (Å²) in [6, 6.07) is 16.0. The zero-order valence-corrected chi connectivity index (χ0v) is 19.2. The molecule has 1 amide bonds. The maximum absolute atomic E-state index is 12.9. The predicted molar refractivity (Wildman–Crippen MR) is 136 cm³/mol. The number of nitrogens with one attached hydrogen (secondary N) is 1. The number of hydrogen-bond acceptors (Lipinski definition) is 6. The SMILES string of the molecule is Nc1ncnc2c1c(-c1ccc(CNC(=O)c3cccc4ccncc34)cc1)nn2C1CCCC1. The van der Waals surface area contributed by atoms with E-state index in [9.17, 15) is 4.79 Å². The van der Waals surface area contributed by atoms with Gasteiger partial charge in [-0.3, -0.25) is 9.78 Å². The van der Waals surface area contributed by atoms with Crippen LogP contribution in [-0.4, -0.2) is 30.6 Å². The van der Waals surface area contributed by atoms with Gasteiger partial charge in [0.15, 0.2) is 5.65 Å². The summed E-state index contributed by atoms with van der Waals surface area (Å²) in [6.45, 7) is 0.415. The number of carbonyl (C=O) groups excluding carboxylic acids is 1. The number of nitrogens with zero attached hydrogens (tertiary/aromatic N) is 5. The number of aromatic nitrogens is 5. The van der Waals surface area contributed by atoms with Gasteiger partial charge in [-0.15, -0.1) is 0 Å². The van der Waals surface area contributed by atoms with E-state index in [0.29, 0.717) is 24.0 Å². The van der Waals surface area contributed by atoms with Crippen molar-refractivity contribution in [3.05, 3.63) is 78.4 Å². The smallest absolute Gasteiger partial charge is 0.252 e. The molecular formula is C27H25N7O. The van der Waals surface area contributed by atoms with Crippen LogP contribution in [-0.2, 0) is 6.54 Å². The van der Waals surface area contributed by atoms with Crippen molar-refractivity contribution in [3.8, 4) is 11.3 Å². The van der Waals surface area contributed by atoms with Gasteiger partial charge in [0.05, 0.1) is 11.4 Å². The minimum Gasteiger partial charge on any atom is -0.383 e. The molecule has 3 N–H and O–H groups in total.